The van der Waals surface area contributed by atoms with E-state index in [1.54, 1.807) is 24.3 Å². The Labute approximate surface area is 125 Å². The van der Waals surface area contributed by atoms with Crippen LogP contribution in [0.3, 0.4) is 0 Å². The van der Waals surface area contributed by atoms with E-state index in [0.717, 1.165) is 44.0 Å². The lowest BCUT2D eigenvalue weighted by molar-refractivity contribution is -0.127. The molecule has 1 aromatic rings. The number of rotatable bonds is 5. The van der Waals surface area contributed by atoms with Crippen LogP contribution in [0, 0.1) is 11.7 Å². The van der Waals surface area contributed by atoms with Crippen LogP contribution >= 0.6 is 0 Å². The van der Waals surface area contributed by atoms with E-state index in [2.05, 4.69) is 5.32 Å². The largest absolute Gasteiger partial charge is 0.339 e. The average molecular weight is 290 g/mol. The van der Waals surface area contributed by atoms with Crippen LogP contribution in [0.15, 0.2) is 30.3 Å². The molecule has 0 unspecified atom stereocenters. The van der Waals surface area contributed by atoms with Crippen molar-refractivity contribution < 1.29 is 9.18 Å². The number of hydrogen-bond acceptors (Lipinski definition) is 2. The molecule has 1 heterocycles. The first kappa shape index (κ1) is 15.7. The Hall–Kier alpha value is -1.68. The summed E-state index contributed by atoms with van der Waals surface area (Å²) in [5, 5.41) is 3.17. The molecule has 21 heavy (non-hydrogen) atoms. The molecule has 0 aromatic heterocycles. The average Bonchev–Trinajstić information content (AvgIpc) is 2.52. The minimum Gasteiger partial charge on any atom is -0.339 e. The highest BCUT2D eigenvalue weighted by molar-refractivity contribution is 5.91. The van der Waals surface area contributed by atoms with Crippen LogP contribution in [0.4, 0.5) is 4.39 Å². The number of carbonyl (C=O) groups is 1. The van der Waals surface area contributed by atoms with Crippen molar-refractivity contribution in [3.8, 4) is 0 Å². The lowest BCUT2D eigenvalue weighted by Crippen LogP contribution is -2.38. The first-order chi connectivity index (χ1) is 10.2. The van der Waals surface area contributed by atoms with Crippen molar-refractivity contribution in [2.75, 3.05) is 26.7 Å². The zero-order valence-electron chi connectivity index (χ0n) is 12.5. The standard InChI is InChI=1S/C17H23FN2O/c1-19-11-8-15-9-12-20(13-10-15)17(21)7-4-14-2-5-16(18)6-3-14/h2-7,15,19H,8-13H2,1H3. The van der Waals surface area contributed by atoms with Gasteiger partial charge in [0.1, 0.15) is 5.82 Å². The Bertz CT molecular complexity index is 476. The summed E-state index contributed by atoms with van der Waals surface area (Å²) in [6.07, 6.45) is 6.68. The Morgan fingerprint density at radius 1 is 1.33 bits per heavy atom. The lowest BCUT2D eigenvalue weighted by atomic mass is 9.93. The summed E-state index contributed by atoms with van der Waals surface area (Å²) in [5.74, 6) is 0.510. The monoisotopic (exact) mass is 290 g/mol. The number of carbonyl (C=O) groups excluding carboxylic acids is 1. The maximum absolute atomic E-state index is 12.8. The van der Waals surface area contributed by atoms with Gasteiger partial charge in [-0.05, 0) is 62.5 Å². The molecule has 0 bridgehead atoms. The van der Waals surface area contributed by atoms with E-state index < -0.39 is 0 Å². The molecule has 114 valence electrons. The predicted molar refractivity (Wildman–Crippen MR) is 83.3 cm³/mol. The molecule has 1 fully saturated rings. The van der Waals surface area contributed by atoms with Crippen molar-refractivity contribution in [2.45, 2.75) is 19.3 Å². The molecule has 1 saturated heterocycles. The Morgan fingerprint density at radius 3 is 2.62 bits per heavy atom. The van der Waals surface area contributed by atoms with Crippen LogP contribution < -0.4 is 5.32 Å². The number of amides is 1. The first-order valence-corrected chi connectivity index (χ1v) is 7.56. The summed E-state index contributed by atoms with van der Waals surface area (Å²) >= 11 is 0. The molecule has 1 amide bonds. The molecule has 0 spiro atoms. The number of nitrogens with one attached hydrogen (secondary N) is 1. The van der Waals surface area contributed by atoms with Crippen LogP contribution in [0.25, 0.3) is 6.08 Å². The van der Waals surface area contributed by atoms with E-state index in [4.69, 9.17) is 0 Å². The van der Waals surface area contributed by atoms with Crippen LogP contribution in [0.1, 0.15) is 24.8 Å². The lowest BCUT2D eigenvalue weighted by Gasteiger charge is -2.31. The number of piperidine rings is 1. The molecular formula is C17H23FN2O. The van der Waals surface area contributed by atoms with Gasteiger partial charge in [0.15, 0.2) is 0 Å². The van der Waals surface area contributed by atoms with Crippen LogP contribution in [-0.2, 0) is 4.79 Å². The summed E-state index contributed by atoms with van der Waals surface area (Å²) in [6, 6.07) is 6.14. The summed E-state index contributed by atoms with van der Waals surface area (Å²) in [7, 11) is 1.97. The highest BCUT2D eigenvalue weighted by Gasteiger charge is 2.20. The Morgan fingerprint density at radius 2 is 2.00 bits per heavy atom. The highest BCUT2D eigenvalue weighted by atomic mass is 19.1. The first-order valence-electron chi connectivity index (χ1n) is 7.56. The second-order valence-corrected chi connectivity index (χ2v) is 5.55. The molecule has 0 aliphatic carbocycles. The van der Waals surface area contributed by atoms with Gasteiger partial charge in [0.05, 0.1) is 0 Å². The van der Waals surface area contributed by atoms with Crippen molar-refractivity contribution in [1.82, 2.24) is 10.2 Å². The molecule has 0 atom stereocenters. The summed E-state index contributed by atoms with van der Waals surface area (Å²) in [4.78, 5) is 14.0. The second-order valence-electron chi connectivity index (χ2n) is 5.55. The van der Waals surface area contributed by atoms with E-state index in [0.29, 0.717) is 0 Å². The number of nitrogens with zero attached hydrogens (tertiary/aromatic N) is 1. The maximum Gasteiger partial charge on any atom is 0.246 e. The molecule has 1 aliphatic heterocycles. The van der Waals surface area contributed by atoms with Gasteiger partial charge in [0.25, 0.3) is 0 Å². The third-order valence-corrected chi connectivity index (χ3v) is 4.02. The fourth-order valence-electron chi connectivity index (χ4n) is 2.64. The molecule has 4 heteroatoms. The van der Waals surface area contributed by atoms with Crippen molar-refractivity contribution >= 4 is 12.0 Å². The fourth-order valence-corrected chi connectivity index (χ4v) is 2.64. The maximum atomic E-state index is 12.8. The second kappa shape index (κ2) is 7.93. The van der Waals surface area contributed by atoms with Crippen LogP contribution in [0.2, 0.25) is 0 Å². The van der Waals surface area contributed by atoms with Gasteiger partial charge in [-0.25, -0.2) is 4.39 Å². The summed E-state index contributed by atoms with van der Waals surface area (Å²) in [5.41, 5.74) is 0.841. The van der Waals surface area contributed by atoms with E-state index in [1.165, 1.54) is 18.6 Å². The van der Waals surface area contributed by atoms with Crippen molar-refractivity contribution in [2.24, 2.45) is 5.92 Å². The molecule has 2 rings (SSSR count). The minimum atomic E-state index is -0.262. The molecule has 0 saturated carbocycles. The van der Waals surface area contributed by atoms with Gasteiger partial charge < -0.3 is 10.2 Å². The van der Waals surface area contributed by atoms with Crippen molar-refractivity contribution in [1.29, 1.82) is 0 Å². The molecular weight excluding hydrogens is 267 g/mol. The zero-order chi connectivity index (χ0) is 15.1. The van der Waals surface area contributed by atoms with Gasteiger partial charge in [0, 0.05) is 19.2 Å². The van der Waals surface area contributed by atoms with Crippen molar-refractivity contribution in [3.63, 3.8) is 0 Å². The Balaban J connectivity index is 1.80. The van der Waals surface area contributed by atoms with Gasteiger partial charge in [-0.2, -0.15) is 0 Å². The number of likely N-dealkylation sites (tertiary alicyclic amines) is 1. The molecule has 0 radical (unpaired) electrons. The number of hydrogen-bond donors (Lipinski definition) is 1. The molecule has 1 aromatic carbocycles. The number of halogens is 1. The van der Waals surface area contributed by atoms with E-state index in [9.17, 15) is 9.18 Å². The molecule has 1 N–H and O–H groups in total. The van der Waals surface area contributed by atoms with Gasteiger partial charge in [0.2, 0.25) is 5.91 Å². The predicted octanol–water partition coefficient (Wildman–Crippen LogP) is 2.69. The third kappa shape index (κ3) is 4.97. The smallest absolute Gasteiger partial charge is 0.246 e. The van der Waals surface area contributed by atoms with Crippen LogP contribution in [0.5, 0.6) is 0 Å². The minimum absolute atomic E-state index is 0.0476. The van der Waals surface area contributed by atoms with Gasteiger partial charge in [-0.15, -0.1) is 0 Å². The van der Waals surface area contributed by atoms with Crippen molar-refractivity contribution in [3.05, 3.63) is 41.7 Å². The summed E-state index contributed by atoms with van der Waals surface area (Å²) < 4.78 is 12.8. The summed E-state index contributed by atoms with van der Waals surface area (Å²) in [6.45, 7) is 2.71. The van der Waals surface area contributed by atoms with Crippen LogP contribution in [-0.4, -0.2) is 37.5 Å². The number of benzene rings is 1. The van der Waals surface area contributed by atoms with E-state index in [1.807, 2.05) is 11.9 Å². The molecule has 3 nitrogen and oxygen atoms in total. The topological polar surface area (TPSA) is 32.3 Å². The normalized spacial score (nSPS) is 16.6. The fraction of sp³-hybridized carbons (Fsp3) is 0.471. The Kier molecular flexibility index (Phi) is 5.93. The van der Waals surface area contributed by atoms with Gasteiger partial charge in [-0.3, -0.25) is 4.79 Å². The SMILES string of the molecule is CNCCC1CCN(C(=O)C=Cc2ccc(F)cc2)CC1. The highest BCUT2D eigenvalue weighted by Crippen LogP contribution is 2.20. The third-order valence-electron chi connectivity index (χ3n) is 4.02. The van der Waals surface area contributed by atoms with Gasteiger partial charge >= 0.3 is 0 Å². The molecule has 1 aliphatic rings. The van der Waals surface area contributed by atoms with E-state index >= 15 is 0 Å². The van der Waals surface area contributed by atoms with Gasteiger partial charge in [-0.1, -0.05) is 12.1 Å². The van der Waals surface area contributed by atoms with E-state index in [-0.39, 0.29) is 11.7 Å². The quantitative estimate of drug-likeness (QED) is 0.846. The zero-order valence-corrected chi connectivity index (χ0v) is 12.5.